The Bertz CT molecular complexity index is 601. The first-order valence-corrected chi connectivity index (χ1v) is 5.63. The van der Waals surface area contributed by atoms with Crippen LogP contribution in [0.25, 0.3) is 0 Å². The van der Waals surface area contributed by atoms with Crippen LogP contribution in [0.15, 0.2) is 36.5 Å². The summed E-state index contributed by atoms with van der Waals surface area (Å²) >= 11 is 5.69. The molecule has 92 valence electrons. The topological polar surface area (TPSA) is 42.0 Å². The molecule has 1 N–H and O–H groups in total. The summed E-state index contributed by atoms with van der Waals surface area (Å²) < 4.78 is 13.6. The molecule has 0 fully saturated rings. The fourth-order valence-electron chi connectivity index (χ4n) is 1.48. The lowest BCUT2D eigenvalue weighted by molar-refractivity contribution is 0.102. The fourth-order valence-corrected chi connectivity index (χ4v) is 1.66. The third-order valence-corrected chi connectivity index (χ3v) is 2.56. The summed E-state index contributed by atoms with van der Waals surface area (Å²) in [6.07, 6.45) is 1.46. The minimum Gasteiger partial charge on any atom is -0.322 e. The van der Waals surface area contributed by atoms with Gasteiger partial charge in [-0.2, -0.15) is 0 Å². The summed E-state index contributed by atoms with van der Waals surface area (Å²) in [7, 11) is 0. The smallest absolute Gasteiger partial charge is 0.258 e. The predicted octanol–water partition coefficient (Wildman–Crippen LogP) is 3.43. The molecular formula is C13H10ClFN2O. The maximum atomic E-state index is 13.6. The van der Waals surface area contributed by atoms with Crippen molar-refractivity contribution in [1.29, 1.82) is 0 Å². The Labute approximate surface area is 109 Å². The number of hydrogen-bond acceptors (Lipinski definition) is 2. The summed E-state index contributed by atoms with van der Waals surface area (Å²) in [4.78, 5) is 15.6. The molecule has 0 saturated heterocycles. The van der Waals surface area contributed by atoms with Crippen LogP contribution in [0.2, 0.25) is 5.15 Å². The molecule has 0 radical (unpaired) electrons. The maximum Gasteiger partial charge on any atom is 0.258 e. The molecule has 0 atom stereocenters. The van der Waals surface area contributed by atoms with Crippen molar-refractivity contribution >= 4 is 23.2 Å². The van der Waals surface area contributed by atoms with Crippen LogP contribution in [0.1, 0.15) is 15.9 Å². The summed E-state index contributed by atoms with van der Waals surface area (Å²) in [6.45, 7) is 1.76. The molecule has 1 amide bonds. The fraction of sp³-hybridized carbons (Fsp3) is 0.0769. The van der Waals surface area contributed by atoms with E-state index in [2.05, 4.69) is 10.3 Å². The molecule has 5 heteroatoms. The largest absolute Gasteiger partial charge is 0.322 e. The Hall–Kier alpha value is -1.94. The number of pyridine rings is 1. The van der Waals surface area contributed by atoms with Gasteiger partial charge in [-0.05, 0) is 36.8 Å². The summed E-state index contributed by atoms with van der Waals surface area (Å²) in [6, 6.07) is 7.51. The molecule has 0 spiro atoms. The monoisotopic (exact) mass is 264 g/mol. The van der Waals surface area contributed by atoms with Crippen molar-refractivity contribution in [2.45, 2.75) is 6.92 Å². The molecule has 0 bridgehead atoms. The molecule has 0 unspecified atom stereocenters. The zero-order valence-corrected chi connectivity index (χ0v) is 10.3. The maximum absolute atomic E-state index is 13.6. The molecule has 1 aromatic heterocycles. The van der Waals surface area contributed by atoms with Crippen LogP contribution in [-0.4, -0.2) is 10.9 Å². The van der Waals surface area contributed by atoms with Crippen LogP contribution in [0.5, 0.6) is 0 Å². The van der Waals surface area contributed by atoms with Gasteiger partial charge in [-0.25, -0.2) is 9.37 Å². The number of aryl methyl sites for hydroxylation is 1. The SMILES string of the molecule is Cc1ccc(C(=O)Nc2ccnc(Cl)c2)c(F)c1. The number of benzene rings is 1. The van der Waals surface area contributed by atoms with Crippen molar-refractivity contribution in [2.75, 3.05) is 5.32 Å². The number of halogens is 2. The lowest BCUT2D eigenvalue weighted by Crippen LogP contribution is -2.13. The number of amides is 1. The second-order valence-corrected chi connectivity index (χ2v) is 4.19. The van der Waals surface area contributed by atoms with E-state index in [1.807, 2.05) is 0 Å². The van der Waals surface area contributed by atoms with Gasteiger partial charge < -0.3 is 5.32 Å². The van der Waals surface area contributed by atoms with Gasteiger partial charge in [0.25, 0.3) is 5.91 Å². The van der Waals surface area contributed by atoms with Crippen molar-refractivity contribution in [2.24, 2.45) is 0 Å². The Balaban J connectivity index is 2.22. The van der Waals surface area contributed by atoms with Crippen molar-refractivity contribution < 1.29 is 9.18 Å². The molecule has 2 aromatic rings. The molecular weight excluding hydrogens is 255 g/mol. The highest BCUT2D eigenvalue weighted by Gasteiger charge is 2.11. The van der Waals surface area contributed by atoms with E-state index in [1.54, 1.807) is 19.1 Å². The van der Waals surface area contributed by atoms with Gasteiger partial charge in [0, 0.05) is 11.9 Å². The molecule has 0 saturated carbocycles. The molecule has 18 heavy (non-hydrogen) atoms. The highest BCUT2D eigenvalue weighted by Crippen LogP contribution is 2.15. The zero-order valence-electron chi connectivity index (χ0n) is 9.58. The number of nitrogens with one attached hydrogen (secondary N) is 1. The van der Waals surface area contributed by atoms with E-state index in [0.29, 0.717) is 5.69 Å². The lowest BCUT2D eigenvalue weighted by atomic mass is 10.1. The van der Waals surface area contributed by atoms with E-state index in [9.17, 15) is 9.18 Å². The second kappa shape index (κ2) is 5.14. The Kier molecular flexibility index (Phi) is 3.58. The van der Waals surface area contributed by atoms with Gasteiger partial charge in [-0.15, -0.1) is 0 Å². The number of hydrogen-bond donors (Lipinski definition) is 1. The normalized spacial score (nSPS) is 10.2. The second-order valence-electron chi connectivity index (χ2n) is 3.80. The van der Waals surface area contributed by atoms with Crippen molar-refractivity contribution in [1.82, 2.24) is 4.98 Å². The Morgan fingerprint density at radius 2 is 2.11 bits per heavy atom. The zero-order chi connectivity index (χ0) is 13.1. The number of carbonyl (C=O) groups is 1. The van der Waals surface area contributed by atoms with Gasteiger partial charge in [0.1, 0.15) is 11.0 Å². The third kappa shape index (κ3) is 2.84. The number of aromatic nitrogens is 1. The van der Waals surface area contributed by atoms with Crippen LogP contribution < -0.4 is 5.32 Å². The lowest BCUT2D eigenvalue weighted by Gasteiger charge is -2.06. The van der Waals surface area contributed by atoms with Crippen molar-refractivity contribution in [3.05, 3.63) is 58.6 Å². The standard InChI is InChI=1S/C13H10ClFN2O/c1-8-2-3-10(11(15)6-8)13(18)17-9-4-5-16-12(14)7-9/h2-7H,1H3,(H,16,17,18). The summed E-state index contributed by atoms with van der Waals surface area (Å²) in [5, 5.41) is 2.82. The van der Waals surface area contributed by atoms with Crippen LogP contribution in [-0.2, 0) is 0 Å². The van der Waals surface area contributed by atoms with E-state index in [1.165, 1.54) is 24.4 Å². The number of rotatable bonds is 2. The van der Waals surface area contributed by atoms with Gasteiger partial charge in [0.05, 0.1) is 5.56 Å². The Morgan fingerprint density at radius 1 is 1.33 bits per heavy atom. The van der Waals surface area contributed by atoms with Gasteiger partial charge in [-0.1, -0.05) is 17.7 Å². The Morgan fingerprint density at radius 3 is 2.78 bits per heavy atom. The first-order chi connectivity index (χ1) is 8.56. The van der Waals surface area contributed by atoms with Gasteiger partial charge in [0.15, 0.2) is 0 Å². The van der Waals surface area contributed by atoms with E-state index >= 15 is 0 Å². The molecule has 3 nitrogen and oxygen atoms in total. The van der Waals surface area contributed by atoms with Crippen molar-refractivity contribution in [3.63, 3.8) is 0 Å². The molecule has 0 aliphatic rings. The molecule has 0 aliphatic carbocycles. The van der Waals surface area contributed by atoms with Gasteiger partial charge in [0.2, 0.25) is 0 Å². The summed E-state index contributed by atoms with van der Waals surface area (Å²) in [5.41, 5.74) is 1.23. The molecule has 0 aliphatic heterocycles. The number of carbonyl (C=O) groups excluding carboxylic acids is 1. The minimum absolute atomic E-state index is 0.00599. The minimum atomic E-state index is -0.548. The first kappa shape index (κ1) is 12.5. The number of anilines is 1. The van der Waals surface area contributed by atoms with E-state index < -0.39 is 11.7 Å². The van der Waals surface area contributed by atoms with Crippen molar-refractivity contribution in [3.8, 4) is 0 Å². The predicted molar refractivity (Wildman–Crippen MR) is 68.3 cm³/mol. The molecule has 1 aromatic carbocycles. The van der Waals surface area contributed by atoms with E-state index in [-0.39, 0.29) is 10.7 Å². The third-order valence-electron chi connectivity index (χ3n) is 2.35. The van der Waals surface area contributed by atoms with Gasteiger partial charge >= 0.3 is 0 Å². The number of nitrogens with zero attached hydrogens (tertiary/aromatic N) is 1. The average molecular weight is 265 g/mol. The molecule has 2 rings (SSSR count). The van der Waals surface area contributed by atoms with Crippen LogP contribution in [0.4, 0.5) is 10.1 Å². The highest BCUT2D eigenvalue weighted by atomic mass is 35.5. The van der Waals surface area contributed by atoms with Crippen LogP contribution in [0.3, 0.4) is 0 Å². The van der Waals surface area contributed by atoms with E-state index in [0.717, 1.165) is 5.56 Å². The van der Waals surface area contributed by atoms with Gasteiger partial charge in [-0.3, -0.25) is 4.79 Å². The van der Waals surface area contributed by atoms with E-state index in [4.69, 9.17) is 11.6 Å². The average Bonchev–Trinajstić information content (AvgIpc) is 2.28. The summed E-state index contributed by atoms with van der Waals surface area (Å²) in [5.74, 6) is -1.07. The quantitative estimate of drug-likeness (QED) is 0.845. The highest BCUT2D eigenvalue weighted by molar-refractivity contribution is 6.29. The van der Waals surface area contributed by atoms with Crippen LogP contribution >= 0.6 is 11.6 Å². The van der Waals surface area contributed by atoms with Crippen LogP contribution in [0, 0.1) is 12.7 Å². The first-order valence-electron chi connectivity index (χ1n) is 5.25. The molecule has 1 heterocycles.